The number of fused-ring (bicyclic) bond motifs is 4. The van der Waals surface area contributed by atoms with Gasteiger partial charge in [-0.1, -0.05) is 33.6 Å². The number of aryl methyl sites for hydroxylation is 2. The van der Waals surface area contributed by atoms with Crippen LogP contribution in [0.4, 0.5) is 17.6 Å². The van der Waals surface area contributed by atoms with E-state index in [0.29, 0.717) is 134 Å². The van der Waals surface area contributed by atoms with Gasteiger partial charge in [-0.2, -0.15) is 0 Å². The van der Waals surface area contributed by atoms with Crippen molar-refractivity contribution in [3.63, 3.8) is 0 Å². The van der Waals surface area contributed by atoms with Crippen molar-refractivity contribution in [1.82, 2.24) is 49.6 Å². The summed E-state index contributed by atoms with van der Waals surface area (Å²) in [6, 6.07) is 5.48. The Morgan fingerprint density at radius 1 is 0.640 bits per heavy atom. The van der Waals surface area contributed by atoms with Gasteiger partial charge in [0.2, 0.25) is 23.6 Å². The van der Waals surface area contributed by atoms with Crippen molar-refractivity contribution < 1.29 is 65.6 Å². The van der Waals surface area contributed by atoms with Gasteiger partial charge in [-0.3, -0.25) is 28.8 Å². The van der Waals surface area contributed by atoms with Gasteiger partial charge < -0.3 is 38.9 Å². The Bertz CT molecular complexity index is 3560. The molecule has 0 bridgehead atoms. The number of nitrogens with zero attached hydrogens (tertiary/aromatic N) is 10. The van der Waals surface area contributed by atoms with E-state index in [1.54, 1.807) is 41.0 Å². The van der Waals surface area contributed by atoms with Crippen LogP contribution in [0.3, 0.4) is 0 Å². The summed E-state index contributed by atoms with van der Waals surface area (Å²) in [6.45, 7) is 5.35. The smallest absolute Gasteiger partial charge is 0.312 e. The third-order valence-corrected chi connectivity index (χ3v) is 22.8. The zero-order valence-electron chi connectivity index (χ0n) is 50.5. The largest absolute Gasteiger partial charge is 0.487 e. The maximum atomic E-state index is 14.7. The van der Waals surface area contributed by atoms with E-state index in [2.05, 4.69) is 20.6 Å². The van der Waals surface area contributed by atoms with Gasteiger partial charge in [0.1, 0.15) is 47.5 Å². The zero-order valence-corrected chi connectivity index (χ0v) is 52.0. The highest BCUT2D eigenvalue weighted by Crippen LogP contribution is 2.62. The molecule has 1 N–H and O–H groups in total. The molecule has 10 aliphatic rings. The number of alkyl halides is 4. The Hall–Kier alpha value is -6.56. The lowest BCUT2D eigenvalue weighted by Crippen LogP contribution is -2.53. The zero-order chi connectivity index (χ0) is 63.0. The number of rotatable bonds is 16. The number of carbonyl (C=O) groups is 6. The number of benzene rings is 2. The molecule has 6 aliphatic carbocycles. The molecule has 2 saturated heterocycles. The van der Waals surface area contributed by atoms with Crippen LogP contribution in [0.5, 0.6) is 11.5 Å². The summed E-state index contributed by atoms with van der Waals surface area (Å²) in [4.78, 5) is 88.6. The average molecular weight is 1280 g/mol. The number of esters is 1. The second-order valence-corrected chi connectivity index (χ2v) is 28.6. The first-order valence-electron chi connectivity index (χ1n) is 31.0. The Labute approximate surface area is 522 Å². The van der Waals surface area contributed by atoms with E-state index in [0.717, 1.165) is 59.0 Å². The number of carbonyl (C=O) groups excluding carboxylic acids is 5. The molecule has 478 valence electrons. The highest BCUT2D eigenvalue weighted by Gasteiger charge is 2.62. The van der Waals surface area contributed by atoms with Crippen LogP contribution in [0, 0.1) is 57.2 Å². The van der Waals surface area contributed by atoms with E-state index >= 15 is 0 Å². The Balaban J connectivity index is 0.000000164. The molecule has 26 heteroatoms. The van der Waals surface area contributed by atoms with E-state index in [9.17, 15) is 51.4 Å². The maximum Gasteiger partial charge on any atom is 0.312 e. The molecule has 89 heavy (non-hydrogen) atoms. The van der Waals surface area contributed by atoms with Crippen LogP contribution in [-0.4, -0.2) is 137 Å². The van der Waals surface area contributed by atoms with Gasteiger partial charge in [0.05, 0.1) is 41.9 Å². The van der Waals surface area contributed by atoms with Gasteiger partial charge in [-0.05, 0) is 161 Å². The number of carboxylic acids is 1. The molecule has 6 heterocycles. The fourth-order valence-electron chi connectivity index (χ4n) is 16.3. The predicted octanol–water partition coefficient (Wildman–Crippen LogP) is 9.21. The van der Waals surface area contributed by atoms with Gasteiger partial charge in [0, 0.05) is 87.4 Å². The van der Waals surface area contributed by atoms with Gasteiger partial charge >= 0.3 is 11.9 Å². The minimum atomic E-state index is -2.80. The SMILES string of the molecule is COC(=O)[C@@]1(C)C[C@@H]2C[C@@H]2C[C@H]1C(=O)N1CCc2c(Cl)ccc(OCc3nnn(C)c3C(F)F)c2[C@H]1CN1CC2(CC2)CC1=O.Cn1nnc(COc2ccc(Cl)c3c2[C@@H](CN2CC4(CC4)CC2=O)N(C(=O)[C@@H]2C[C@@H]4C[C@@H]4C[C@]2(C)C(=O)O)CC3)c1C(F)F. The molecule has 4 amide bonds. The molecular formula is C63H74Cl2F4N10O10. The number of amides is 4. The molecular weight excluding hydrogens is 1200 g/mol. The van der Waals surface area contributed by atoms with E-state index < -0.39 is 53.6 Å². The molecule has 2 aromatic heterocycles. The summed E-state index contributed by atoms with van der Waals surface area (Å²) in [5.74, 6) is -0.640. The number of aromatic nitrogens is 6. The monoisotopic (exact) mass is 1280 g/mol. The summed E-state index contributed by atoms with van der Waals surface area (Å²) in [5.41, 5.74) is 0.0555. The first-order valence-corrected chi connectivity index (χ1v) is 31.8. The van der Waals surface area contributed by atoms with Crippen LogP contribution in [0.2, 0.25) is 10.0 Å². The topological polar surface area (TPSA) is 225 Å². The summed E-state index contributed by atoms with van der Waals surface area (Å²) in [6.07, 6.45) is 4.38. The van der Waals surface area contributed by atoms with Gasteiger partial charge in [-0.25, -0.2) is 26.9 Å². The first kappa shape index (κ1) is 61.3. The second-order valence-electron chi connectivity index (χ2n) is 27.8. The molecule has 20 nitrogen and oxygen atoms in total. The number of likely N-dealkylation sites (tertiary alicyclic amines) is 2. The van der Waals surface area contributed by atoms with Crippen LogP contribution in [0.1, 0.15) is 161 Å². The standard InChI is InChI=1S/C32H38ClF2N5O5.C31H36ClF2N5O5/c1-31(30(43)44-3)12-18-10-17(18)11-20(31)29(42)40-9-6-19-21(33)4-5-24(45-15-22-27(28(34)35)38(2)37-36-22)26(19)23(40)14-39-16-32(7-8-32)13-25(39)41;1-30(29(42)43)11-17-9-16(17)10-19(30)28(41)39-8-5-18-20(32)3-4-23(44-14-21-26(27(33)34)37(2)36-35-21)25(18)22(39)13-38-15-31(6-7-31)12-24(38)40/h4-5,17-18,20,23,28H,6-16H2,1-3H3;3-4,16-17,19,22,27H,5-15H2,1-2H3,(H,42,43)/t17-,18+,20+,23-,31+;16-,17+,19-,22+,30-/m10/s1. The first-order chi connectivity index (χ1) is 42.3. The number of halogens is 6. The average Bonchev–Trinajstić information content (AvgIpc) is 1.73. The number of hydrogen-bond donors (Lipinski definition) is 1. The Kier molecular flexibility index (Phi) is 15.6. The number of ether oxygens (including phenoxy) is 3. The van der Waals surface area contributed by atoms with Crippen molar-refractivity contribution >= 4 is 58.8 Å². The van der Waals surface area contributed by atoms with Crippen LogP contribution < -0.4 is 9.47 Å². The lowest BCUT2D eigenvalue weighted by atomic mass is 9.66. The van der Waals surface area contributed by atoms with Crippen molar-refractivity contribution in [1.29, 1.82) is 0 Å². The lowest BCUT2D eigenvalue weighted by Gasteiger charge is -2.45. The third kappa shape index (κ3) is 11.1. The number of hydrogen-bond acceptors (Lipinski definition) is 13. The van der Waals surface area contributed by atoms with Crippen LogP contribution in [0.15, 0.2) is 24.3 Å². The van der Waals surface area contributed by atoms with Gasteiger partial charge in [0.15, 0.2) is 0 Å². The van der Waals surface area contributed by atoms with Crippen molar-refractivity contribution in [2.24, 2.45) is 71.3 Å². The third-order valence-electron chi connectivity index (χ3n) is 22.1. The molecule has 4 aromatic rings. The highest BCUT2D eigenvalue weighted by molar-refractivity contribution is 6.32. The minimum absolute atomic E-state index is 0.000961. The maximum absolute atomic E-state index is 14.7. The quantitative estimate of drug-likeness (QED) is 0.0816. The number of aliphatic carboxylic acids is 1. The van der Waals surface area contributed by atoms with Crippen LogP contribution in [0.25, 0.3) is 0 Å². The van der Waals surface area contributed by atoms with Crippen molar-refractivity contribution in [3.05, 3.63) is 79.3 Å². The van der Waals surface area contributed by atoms with Crippen molar-refractivity contribution in [2.45, 2.75) is 142 Å². The molecule has 4 aliphatic heterocycles. The van der Waals surface area contributed by atoms with Gasteiger partial charge in [-0.15, -0.1) is 10.2 Å². The fourth-order valence-corrected chi connectivity index (χ4v) is 16.9. The Morgan fingerprint density at radius 2 is 1.06 bits per heavy atom. The minimum Gasteiger partial charge on any atom is -0.487 e. The molecule has 10 atom stereocenters. The number of methoxy groups -OCH3 is 1. The second kappa shape index (κ2) is 22.7. The van der Waals surface area contributed by atoms with Gasteiger partial charge in [0.25, 0.3) is 12.9 Å². The summed E-state index contributed by atoms with van der Waals surface area (Å²) < 4.78 is 74.7. The van der Waals surface area contributed by atoms with Crippen molar-refractivity contribution in [3.8, 4) is 11.5 Å². The molecule has 14 rings (SSSR count). The molecule has 8 fully saturated rings. The highest BCUT2D eigenvalue weighted by atomic mass is 35.5. The van der Waals surface area contributed by atoms with E-state index in [4.69, 9.17) is 37.4 Å². The fraction of sp³-hybridized carbons (Fsp3) is 0.651. The normalized spacial score (nSPS) is 29.8. The van der Waals surface area contributed by atoms with E-state index in [1.165, 1.54) is 21.2 Å². The molecule has 0 radical (unpaired) electrons. The molecule has 2 spiro atoms. The van der Waals surface area contributed by atoms with Crippen LogP contribution >= 0.6 is 23.2 Å². The van der Waals surface area contributed by atoms with Crippen LogP contribution in [-0.2, 0) is 73.7 Å². The van der Waals surface area contributed by atoms with E-state index in [1.807, 2.05) is 16.7 Å². The molecule has 6 saturated carbocycles. The lowest BCUT2D eigenvalue weighted by molar-refractivity contribution is -0.165. The summed E-state index contributed by atoms with van der Waals surface area (Å²) >= 11 is 13.5. The Morgan fingerprint density at radius 3 is 1.44 bits per heavy atom. The van der Waals surface area contributed by atoms with E-state index in [-0.39, 0.29) is 89.5 Å². The molecule has 0 unspecified atom stereocenters. The number of carboxylic acid groups (broad SMARTS) is 1. The predicted molar refractivity (Wildman–Crippen MR) is 310 cm³/mol. The van der Waals surface area contributed by atoms with Crippen molar-refractivity contribution in [2.75, 3.05) is 46.4 Å². The molecule has 2 aromatic carbocycles. The summed E-state index contributed by atoms with van der Waals surface area (Å²) in [5, 5.41) is 26.5. The summed E-state index contributed by atoms with van der Waals surface area (Å²) in [7, 11) is 4.16.